The van der Waals surface area contributed by atoms with E-state index in [1.54, 1.807) is 0 Å². The molecule has 1 unspecified atom stereocenters. The molecule has 2 rings (SSSR count). The molecular weight excluding hydrogens is 230 g/mol. The van der Waals surface area contributed by atoms with E-state index in [0.717, 1.165) is 36.4 Å². The molecule has 2 N–H and O–H groups in total. The maximum absolute atomic E-state index is 8.88. The van der Waals surface area contributed by atoms with Crippen molar-refractivity contribution in [1.29, 1.82) is 0 Å². The van der Waals surface area contributed by atoms with Gasteiger partial charge in [-0.1, -0.05) is 12.1 Å². The monoisotopic (exact) mass is 251 g/mol. The Kier molecular flexibility index (Phi) is 4.84. The van der Waals surface area contributed by atoms with Crippen molar-refractivity contribution < 1.29 is 14.6 Å². The van der Waals surface area contributed by atoms with Crippen LogP contribution < -0.4 is 14.8 Å². The molecular formula is C14H21NO3. The second-order valence-corrected chi connectivity index (χ2v) is 4.59. The van der Waals surface area contributed by atoms with Gasteiger partial charge in [0.15, 0.2) is 11.5 Å². The molecule has 1 aromatic carbocycles. The van der Waals surface area contributed by atoms with Crippen molar-refractivity contribution in [2.75, 3.05) is 19.8 Å². The number of hydrogen-bond donors (Lipinski definition) is 2. The molecule has 1 atom stereocenters. The lowest BCUT2D eigenvalue weighted by Gasteiger charge is -2.16. The molecule has 0 radical (unpaired) electrons. The molecule has 4 heteroatoms. The van der Waals surface area contributed by atoms with Gasteiger partial charge in [0.25, 0.3) is 0 Å². The number of ether oxygens (including phenoxy) is 2. The van der Waals surface area contributed by atoms with Crippen molar-refractivity contribution in [2.24, 2.45) is 0 Å². The van der Waals surface area contributed by atoms with E-state index in [4.69, 9.17) is 14.6 Å². The van der Waals surface area contributed by atoms with Crippen LogP contribution in [0.5, 0.6) is 11.5 Å². The second kappa shape index (κ2) is 6.61. The molecule has 1 heterocycles. The standard InChI is InChI=1S/C14H21NO3/c1-11(6-7-16)15-10-12-4-2-5-13-14(12)18-9-3-8-17-13/h2,4-5,11,15-16H,3,6-10H2,1H3. The highest BCUT2D eigenvalue weighted by molar-refractivity contribution is 5.47. The molecule has 0 aromatic heterocycles. The molecule has 100 valence electrons. The highest BCUT2D eigenvalue weighted by Gasteiger charge is 2.14. The molecule has 0 aliphatic carbocycles. The summed E-state index contributed by atoms with van der Waals surface area (Å²) >= 11 is 0. The zero-order valence-electron chi connectivity index (χ0n) is 10.8. The van der Waals surface area contributed by atoms with Crippen molar-refractivity contribution in [1.82, 2.24) is 5.32 Å². The number of aliphatic hydroxyl groups excluding tert-OH is 1. The number of aliphatic hydroxyl groups is 1. The van der Waals surface area contributed by atoms with E-state index in [1.807, 2.05) is 18.2 Å². The van der Waals surface area contributed by atoms with Crippen LogP contribution in [0, 0.1) is 0 Å². The Balaban J connectivity index is 2.04. The van der Waals surface area contributed by atoms with Gasteiger partial charge in [-0.2, -0.15) is 0 Å². The van der Waals surface area contributed by atoms with Crippen LogP contribution in [-0.4, -0.2) is 31.0 Å². The van der Waals surface area contributed by atoms with Crippen molar-refractivity contribution >= 4 is 0 Å². The van der Waals surface area contributed by atoms with E-state index in [2.05, 4.69) is 12.2 Å². The van der Waals surface area contributed by atoms with E-state index < -0.39 is 0 Å². The van der Waals surface area contributed by atoms with Crippen LogP contribution in [0.15, 0.2) is 18.2 Å². The highest BCUT2D eigenvalue weighted by atomic mass is 16.5. The SMILES string of the molecule is CC(CCO)NCc1cccc2c1OCCCO2. The number of nitrogens with one attached hydrogen (secondary N) is 1. The van der Waals surface area contributed by atoms with Crippen LogP contribution in [0.1, 0.15) is 25.3 Å². The Labute approximate surface area is 108 Å². The predicted molar refractivity (Wildman–Crippen MR) is 70.1 cm³/mol. The molecule has 0 bridgehead atoms. The van der Waals surface area contributed by atoms with E-state index in [-0.39, 0.29) is 12.6 Å². The molecule has 0 amide bonds. The first-order valence-electron chi connectivity index (χ1n) is 6.53. The minimum atomic E-state index is 0.209. The summed E-state index contributed by atoms with van der Waals surface area (Å²) in [6, 6.07) is 6.27. The lowest BCUT2D eigenvalue weighted by Crippen LogP contribution is -2.26. The maximum atomic E-state index is 8.88. The number of para-hydroxylation sites is 1. The normalized spacial score (nSPS) is 16.1. The van der Waals surface area contributed by atoms with Gasteiger partial charge in [0.2, 0.25) is 0 Å². The molecule has 0 saturated heterocycles. The van der Waals surface area contributed by atoms with Crippen molar-refractivity contribution in [3.63, 3.8) is 0 Å². The topological polar surface area (TPSA) is 50.7 Å². The molecule has 18 heavy (non-hydrogen) atoms. The number of rotatable bonds is 5. The summed E-state index contributed by atoms with van der Waals surface area (Å²) in [5.74, 6) is 1.69. The number of fused-ring (bicyclic) bond motifs is 1. The Morgan fingerprint density at radius 1 is 1.33 bits per heavy atom. The summed E-state index contributed by atoms with van der Waals surface area (Å²) in [4.78, 5) is 0. The summed E-state index contributed by atoms with van der Waals surface area (Å²) in [5.41, 5.74) is 1.11. The summed E-state index contributed by atoms with van der Waals surface area (Å²) in [6.07, 6.45) is 1.68. The van der Waals surface area contributed by atoms with Crippen LogP contribution >= 0.6 is 0 Å². The summed E-state index contributed by atoms with van der Waals surface area (Å²) in [6.45, 7) is 4.42. The first-order chi connectivity index (χ1) is 8.81. The fraction of sp³-hybridized carbons (Fsp3) is 0.571. The smallest absolute Gasteiger partial charge is 0.165 e. The largest absolute Gasteiger partial charge is 0.490 e. The van der Waals surface area contributed by atoms with Crippen LogP contribution in [0.4, 0.5) is 0 Å². The lowest BCUT2D eigenvalue weighted by molar-refractivity contribution is 0.268. The van der Waals surface area contributed by atoms with E-state index in [9.17, 15) is 0 Å². The Bertz CT molecular complexity index is 381. The van der Waals surface area contributed by atoms with Gasteiger partial charge in [-0.05, 0) is 19.4 Å². The number of benzene rings is 1. The van der Waals surface area contributed by atoms with Gasteiger partial charge in [-0.25, -0.2) is 0 Å². The van der Waals surface area contributed by atoms with Crippen LogP contribution in [0.2, 0.25) is 0 Å². The molecule has 0 spiro atoms. The van der Waals surface area contributed by atoms with E-state index in [0.29, 0.717) is 13.2 Å². The summed E-state index contributed by atoms with van der Waals surface area (Å²) in [5, 5.41) is 12.3. The lowest BCUT2D eigenvalue weighted by atomic mass is 10.1. The van der Waals surface area contributed by atoms with Crippen molar-refractivity contribution in [2.45, 2.75) is 32.4 Å². The van der Waals surface area contributed by atoms with Gasteiger partial charge in [-0.15, -0.1) is 0 Å². The summed E-state index contributed by atoms with van der Waals surface area (Å²) in [7, 11) is 0. The zero-order valence-corrected chi connectivity index (χ0v) is 10.8. The Hall–Kier alpha value is -1.26. The third-order valence-corrected chi connectivity index (χ3v) is 3.06. The molecule has 4 nitrogen and oxygen atoms in total. The average Bonchev–Trinajstić information content (AvgIpc) is 2.62. The fourth-order valence-corrected chi connectivity index (χ4v) is 1.97. The highest BCUT2D eigenvalue weighted by Crippen LogP contribution is 2.33. The predicted octanol–water partition coefficient (Wildman–Crippen LogP) is 1.71. The Morgan fingerprint density at radius 2 is 2.17 bits per heavy atom. The fourth-order valence-electron chi connectivity index (χ4n) is 1.97. The third kappa shape index (κ3) is 3.37. The maximum Gasteiger partial charge on any atom is 0.165 e. The first kappa shape index (κ1) is 13.2. The third-order valence-electron chi connectivity index (χ3n) is 3.06. The van der Waals surface area contributed by atoms with Crippen LogP contribution in [0.3, 0.4) is 0 Å². The van der Waals surface area contributed by atoms with Gasteiger partial charge >= 0.3 is 0 Å². The molecule has 1 aliphatic rings. The Morgan fingerprint density at radius 3 is 3.00 bits per heavy atom. The van der Waals surface area contributed by atoms with Gasteiger partial charge in [0.05, 0.1) is 13.2 Å². The van der Waals surface area contributed by atoms with Crippen LogP contribution in [0.25, 0.3) is 0 Å². The quantitative estimate of drug-likeness (QED) is 0.836. The molecule has 1 aromatic rings. The first-order valence-corrected chi connectivity index (χ1v) is 6.53. The molecule has 0 fully saturated rings. The minimum Gasteiger partial charge on any atom is -0.490 e. The number of hydrogen-bond acceptors (Lipinski definition) is 4. The van der Waals surface area contributed by atoms with Gasteiger partial charge in [-0.3, -0.25) is 0 Å². The summed E-state index contributed by atoms with van der Waals surface area (Å²) < 4.78 is 11.4. The van der Waals surface area contributed by atoms with Gasteiger partial charge in [0, 0.05) is 31.2 Å². The van der Waals surface area contributed by atoms with Gasteiger partial charge in [0.1, 0.15) is 0 Å². The van der Waals surface area contributed by atoms with Crippen molar-refractivity contribution in [3.8, 4) is 11.5 Å². The van der Waals surface area contributed by atoms with Crippen molar-refractivity contribution in [3.05, 3.63) is 23.8 Å². The van der Waals surface area contributed by atoms with E-state index in [1.165, 1.54) is 0 Å². The second-order valence-electron chi connectivity index (χ2n) is 4.59. The molecule has 0 saturated carbocycles. The van der Waals surface area contributed by atoms with Gasteiger partial charge < -0.3 is 19.9 Å². The average molecular weight is 251 g/mol. The zero-order chi connectivity index (χ0) is 12.8. The minimum absolute atomic E-state index is 0.209. The van der Waals surface area contributed by atoms with Crippen LogP contribution in [-0.2, 0) is 6.54 Å². The molecule has 1 aliphatic heterocycles. The van der Waals surface area contributed by atoms with E-state index >= 15 is 0 Å².